The number of nitrogens with one attached hydrogen (secondary N) is 2. The third-order valence-corrected chi connectivity index (χ3v) is 3.78. The molecular formula is C11H19N3O3S. The van der Waals surface area contributed by atoms with Gasteiger partial charge in [-0.15, -0.1) is 0 Å². The quantitative estimate of drug-likeness (QED) is 0.686. The van der Waals surface area contributed by atoms with Gasteiger partial charge >= 0.3 is 0 Å². The molecule has 1 rings (SSSR count). The number of nitrogens with zero attached hydrogens (tertiary/aromatic N) is 1. The SMILES string of the molecule is CNc1cccnc1S(=O)(=O)NCCCCOC. The number of ether oxygens (including phenoxy) is 1. The summed E-state index contributed by atoms with van der Waals surface area (Å²) >= 11 is 0. The van der Waals surface area contributed by atoms with E-state index in [1.54, 1.807) is 26.3 Å². The lowest BCUT2D eigenvalue weighted by Gasteiger charge is -2.09. The molecule has 0 unspecified atom stereocenters. The van der Waals surface area contributed by atoms with Crippen molar-refractivity contribution in [1.29, 1.82) is 0 Å². The van der Waals surface area contributed by atoms with Crippen LogP contribution in [0.2, 0.25) is 0 Å². The van der Waals surface area contributed by atoms with E-state index < -0.39 is 10.0 Å². The third-order valence-electron chi connectivity index (χ3n) is 2.36. The molecule has 0 aliphatic carbocycles. The highest BCUT2D eigenvalue weighted by Crippen LogP contribution is 2.16. The van der Waals surface area contributed by atoms with Crippen molar-refractivity contribution >= 4 is 15.7 Å². The summed E-state index contributed by atoms with van der Waals surface area (Å²) in [5.74, 6) is 0. The van der Waals surface area contributed by atoms with E-state index in [9.17, 15) is 8.42 Å². The van der Waals surface area contributed by atoms with Crippen LogP contribution in [0.25, 0.3) is 0 Å². The molecule has 0 spiro atoms. The highest BCUT2D eigenvalue weighted by molar-refractivity contribution is 7.89. The number of hydrogen-bond acceptors (Lipinski definition) is 5. The summed E-state index contributed by atoms with van der Waals surface area (Å²) in [5, 5.41) is 2.84. The largest absolute Gasteiger partial charge is 0.386 e. The van der Waals surface area contributed by atoms with Gasteiger partial charge in [-0.05, 0) is 25.0 Å². The molecule has 7 heteroatoms. The van der Waals surface area contributed by atoms with E-state index in [4.69, 9.17) is 4.74 Å². The zero-order valence-corrected chi connectivity index (χ0v) is 11.5. The Morgan fingerprint density at radius 1 is 1.39 bits per heavy atom. The Bertz CT molecular complexity index is 462. The average molecular weight is 273 g/mol. The van der Waals surface area contributed by atoms with Crippen LogP contribution in [0.5, 0.6) is 0 Å². The van der Waals surface area contributed by atoms with Crippen LogP contribution in [0.3, 0.4) is 0 Å². The van der Waals surface area contributed by atoms with Gasteiger partial charge in [0.1, 0.15) is 0 Å². The summed E-state index contributed by atoms with van der Waals surface area (Å²) in [6, 6.07) is 3.36. The van der Waals surface area contributed by atoms with E-state index in [0.29, 0.717) is 18.8 Å². The number of anilines is 1. The van der Waals surface area contributed by atoms with Crippen LogP contribution in [0.15, 0.2) is 23.4 Å². The van der Waals surface area contributed by atoms with Crippen molar-refractivity contribution in [1.82, 2.24) is 9.71 Å². The van der Waals surface area contributed by atoms with Gasteiger partial charge in [0, 0.05) is 33.5 Å². The van der Waals surface area contributed by atoms with E-state index >= 15 is 0 Å². The average Bonchev–Trinajstić information content (AvgIpc) is 2.38. The van der Waals surface area contributed by atoms with E-state index in [-0.39, 0.29) is 5.03 Å². The molecule has 0 aromatic carbocycles. The second kappa shape index (κ2) is 7.30. The Kier molecular flexibility index (Phi) is 6.03. The van der Waals surface area contributed by atoms with Gasteiger partial charge in [-0.3, -0.25) is 0 Å². The zero-order valence-electron chi connectivity index (χ0n) is 10.6. The van der Waals surface area contributed by atoms with Crippen LogP contribution in [0, 0.1) is 0 Å². The first-order valence-corrected chi connectivity index (χ1v) is 7.21. The van der Waals surface area contributed by atoms with E-state index in [1.165, 1.54) is 6.20 Å². The number of unbranched alkanes of at least 4 members (excludes halogenated alkanes) is 1. The second-order valence-electron chi connectivity index (χ2n) is 3.70. The molecule has 1 aromatic heterocycles. The van der Waals surface area contributed by atoms with Gasteiger partial charge in [-0.25, -0.2) is 18.1 Å². The number of hydrogen-bond donors (Lipinski definition) is 2. The third kappa shape index (κ3) is 4.25. The van der Waals surface area contributed by atoms with Crippen LogP contribution in [-0.4, -0.2) is 40.7 Å². The summed E-state index contributed by atoms with van der Waals surface area (Å²) in [7, 11) is -0.271. The number of aromatic nitrogens is 1. The molecule has 0 saturated carbocycles. The highest BCUT2D eigenvalue weighted by Gasteiger charge is 2.18. The van der Waals surface area contributed by atoms with Crippen molar-refractivity contribution in [2.24, 2.45) is 0 Å². The lowest BCUT2D eigenvalue weighted by molar-refractivity contribution is 0.193. The monoisotopic (exact) mass is 273 g/mol. The lowest BCUT2D eigenvalue weighted by Crippen LogP contribution is -2.26. The minimum Gasteiger partial charge on any atom is -0.386 e. The Morgan fingerprint density at radius 3 is 2.83 bits per heavy atom. The lowest BCUT2D eigenvalue weighted by atomic mass is 10.3. The van der Waals surface area contributed by atoms with Gasteiger partial charge in [0.15, 0.2) is 5.03 Å². The van der Waals surface area contributed by atoms with Crippen LogP contribution in [0.4, 0.5) is 5.69 Å². The molecule has 0 radical (unpaired) electrons. The van der Waals surface area contributed by atoms with Crippen molar-refractivity contribution in [2.45, 2.75) is 17.9 Å². The molecule has 0 atom stereocenters. The first kappa shape index (κ1) is 14.9. The van der Waals surface area contributed by atoms with Gasteiger partial charge < -0.3 is 10.1 Å². The van der Waals surface area contributed by atoms with Crippen molar-refractivity contribution in [3.05, 3.63) is 18.3 Å². The fourth-order valence-electron chi connectivity index (χ4n) is 1.44. The van der Waals surface area contributed by atoms with Crippen molar-refractivity contribution in [2.75, 3.05) is 32.6 Å². The molecule has 0 aliphatic heterocycles. The fraction of sp³-hybridized carbons (Fsp3) is 0.545. The van der Waals surface area contributed by atoms with Crippen molar-refractivity contribution in [3.8, 4) is 0 Å². The Hall–Kier alpha value is -1.18. The predicted octanol–water partition coefficient (Wildman–Crippen LogP) is 0.828. The molecular weight excluding hydrogens is 254 g/mol. The molecule has 1 heterocycles. The predicted molar refractivity (Wildman–Crippen MR) is 70.1 cm³/mol. The van der Waals surface area contributed by atoms with Gasteiger partial charge in [-0.2, -0.15) is 0 Å². The van der Waals surface area contributed by atoms with Gasteiger partial charge in [0.2, 0.25) is 0 Å². The minimum atomic E-state index is -3.55. The Morgan fingerprint density at radius 2 is 2.17 bits per heavy atom. The standard InChI is InChI=1S/C11H19N3O3S/c1-12-10-6-5-7-13-11(10)18(15,16)14-8-3-4-9-17-2/h5-7,12,14H,3-4,8-9H2,1-2H3. The first-order valence-electron chi connectivity index (χ1n) is 5.73. The smallest absolute Gasteiger partial charge is 0.260 e. The maximum Gasteiger partial charge on any atom is 0.260 e. The van der Waals surface area contributed by atoms with E-state index in [1.807, 2.05) is 0 Å². The molecule has 2 N–H and O–H groups in total. The number of methoxy groups -OCH3 is 1. The molecule has 0 amide bonds. The minimum absolute atomic E-state index is 0.0271. The normalized spacial score (nSPS) is 11.4. The van der Waals surface area contributed by atoms with Gasteiger partial charge in [0.05, 0.1) is 5.69 Å². The number of pyridine rings is 1. The summed E-state index contributed by atoms with van der Waals surface area (Å²) in [6.07, 6.45) is 3.01. The number of sulfonamides is 1. The topological polar surface area (TPSA) is 80.3 Å². The molecule has 6 nitrogen and oxygen atoms in total. The molecule has 0 fully saturated rings. The Balaban J connectivity index is 2.63. The maximum atomic E-state index is 12.0. The zero-order chi connectivity index (χ0) is 13.4. The summed E-state index contributed by atoms with van der Waals surface area (Å²) in [5.41, 5.74) is 0.488. The van der Waals surface area contributed by atoms with Crippen LogP contribution >= 0.6 is 0 Å². The molecule has 18 heavy (non-hydrogen) atoms. The van der Waals surface area contributed by atoms with E-state index in [0.717, 1.165) is 12.8 Å². The summed E-state index contributed by atoms with van der Waals surface area (Å²) in [6.45, 7) is 1.01. The second-order valence-corrected chi connectivity index (χ2v) is 5.39. The number of rotatable bonds is 8. The van der Waals surface area contributed by atoms with Gasteiger partial charge in [0.25, 0.3) is 10.0 Å². The summed E-state index contributed by atoms with van der Waals surface area (Å²) < 4.78 is 31.4. The highest BCUT2D eigenvalue weighted by atomic mass is 32.2. The molecule has 1 aromatic rings. The molecule has 102 valence electrons. The Labute approximate surface area is 108 Å². The van der Waals surface area contributed by atoms with Gasteiger partial charge in [-0.1, -0.05) is 0 Å². The molecule has 0 bridgehead atoms. The summed E-state index contributed by atoms with van der Waals surface area (Å²) in [4.78, 5) is 3.90. The van der Waals surface area contributed by atoms with E-state index in [2.05, 4.69) is 15.0 Å². The van der Waals surface area contributed by atoms with Crippen LogP contribution < -0.4 is 10.0 Å². The van der Waals surface area contributed by atoms with Crippen LogP contribution in [-0.2, 0) is 14.8 Å². The molecule has 0 saturated heterocycles. The maximum absolute atomic E-state index is 12.0. The molecule has 0 aliphatic rings. The van der Waals surface area contributed by atoms with Crippen LogP contribution in [0.1, 0.15) is 12.8 Å². The fourth-order valence-corrected chi connectivity index (χ4v) is 2.65. The first-order chi connectivity index (χ1) is 8.61. The van der Waals surface area contributed by atoms with Crippen molar-refractivity contribution < 1.29 is 13.2 Å². The van der Waals surface area contributed by atoms with Crippen molar-refractivity contribution in [3.63, 3.8) is 0 Å².